The van der Waals surface area contributed by atoms with Gasteiger partial charge in [-0.2, -0.15) is 0 Å². The van der Waals surface area contributed by atoms with Gasteiger partial charge in [0.1, 0.15) is 23.7 Å². The van der Waals surface area contributed by atoms with Crippen LogP contribution in [-0.2, 0) is 17.0 Å². The van der Waals surface area contributed by atoms with Gasteiger partial charge in [-0.3, -0.25) is 4.57 Å². The second-order valence-corrected chi connectivity index (χ2v) is 6.17. The molecule has 3 rings (SSSR count). The molecule has 0 bridgehead atoms. The lowest BCUT2D eigenvalue weighted by atomic mass is 10.2. The van der Waals surface area contributed by atoms with Gasteiger partial charge in [0, 0.05) is 11.8 Å². The Hall–Kier alpha value is -2.67. The fourth-order valence-corrected chi connectivity index (χ4v) is 3.30. The van der Waals surface area contributed by atoms with Crippen LogP contribution in [0.25, 0.3) is 5.69 Å². The zero-order valence-corrected chi connectivity index (χ0v) is 14.4. The molecule has 2 aromatic carbocycles. The quantitative estimate of drug-likeness (QED) is 0.479. The number of carbonyl (C=O) groups excluding carboxylic acids is 1. The summed E-state index contributed by atoms with van der Waals surface area (Å²) in [5.74, 6) is 1.52. The highest BCUT2D eigenvalue weighted by molar-refractivity contribution is 7.98. The molecule has 0 aliphatic carbocycles. The summed E-state index contributed by atoms with van der Waals surface area (Å²) in [5, 5.41) is 8.93. The van der Waals surface area contributed by atoms with E-state index in [0.717, 1.165) is 17.5 Å². The average Bonchev–Trinajstić information content (AvgIpc) is 3.03. The molecule has 5 nitrogen and oxygen atoms in total. The first-order chi connectivity index (χ1) is 12.2. The number of aldehydes is 1. The number of carbonyl (C=O) groups is 1. The molecule has 0 N–H and O–H groups in total. The van der Waals surface area contributed by atoms with E-state index < -0.39 is 0 Å². The van der Waals surface area contributed by atoms with E-state index in [4.69, 9.17) is 4.74 Å². The first-order valence-electron chi connectivity index (χ1n) is 7.61. The van der Waals surface area contributed by atoms with Crippen molar-refractivity contribution in [3.63, 3.8) is 0 Å². The number of nitrogens with zero attached hydrogens (tertiary/aromatic N) is 3. The molecule has 0 aliphatic rings. The van der Waals surface area contributed by atoms with Crippen molar-refractivity contribution in [1.82, 2.24) is 14.8 Å². The lowest BCUT2D eigenvalue weighted by molar-refractivity contribution is -0.107. The summed E-state index contributed by atoms with van der Waals surface area (Å²) < 4.78 is 20.4. The molecule has 0 fully saturated rings. The maximum atomic E-state index is 13.3. The van der Waals surface area contributed by atoms with Crippen LogP contribution in [0.2, 0.25) is 0 Å². The van der Waals surface area contributed by atoms with Crippen LogP contribution in [0.4, 0.5) is 4.39 Å². The van der Waals surface area contributed by atoms with Crippen molar-refractivity contribution in [3.8, 4) is 11.4 Å². The predicted octanol–water partition coefficient (Wildman–Crippen LogP) is 3.45. The number of aromatic nitrogens is 3. The number of methoxy groups -OCH3 is 1. The molecular formula is C18H16FN3O2S. The molecule has 0 aliphatic heterocycles. The van der Waals surface area contributed by atoms with Crippen LogP contribution < -0.4 is 4.74 Å². The average molecular weight is 357 g/mol. The molecule has 7 heteroatoms. The highest BCUT2D eigenvalue weighted by Crippen LogP contribution is 2.27. The van der Waals surface area contributed by atoms with E-state index in [0.29, 0.717) is 22.5 Å². The molecule has 3 aromatic rings. The zero-order chi connectivity index (χ0) is 17.6. The fraction of sp³-hybridized carbons (Fsp3) is 0.167. The molecule has 0 saturated carbocycles. The third kappa shape index (κ3) is 4.06. The minimum atomic E-state index is -0.269. The Morgan fingerprint density at radius 3 is 2.80 bits per heavy atom. The van der Waals surface area contributed by atoms with Gasteiger partial charge in [-0.05, 0) is 29.8 Å². The number of thioether (sulfide) groups is 1. The molecular weight excluding hydrogens is 341 g/mol. The van der Waals surface area contributed by atoms with Crippen LogP contribution in [-0.4, -0.2) is 28.2 Å². The molecule has 0 unspecified atom stereocenters. The van der Waals surface area contributed by atoms with Gasteiger partial charge in [-0.25, -0.2) is 4.39 Å². The molecule has 0 radical (unpaired) electrons. The van der Waals surface area contributed by atoms with Crippen LogP contribution in [0.1, 0.15) is 11.4 Å². The lowest BCUT2D eigenvalue weighted by Gasteiger charge is -2.10. The molecule has 0 atom stereocenters. The minimum Gasteiger partial charge on any atom is -0.497 e. The van der Waals surface area contributed by atoms with Crippen molar-refractivity contribution in [3.05, 3.63) is 65.7 Å². The van der Waals surface area contributed by atoms with Crippen LogP contribution >= 0.6 is 11.8 Å². The van der Waals surface area contributed by atoms with E-state index >= 15 is 0 Å². The molecule has 0 amide bonds. The minimum absolute atomic E-state index is 0.157. The van der Waals surface area contributed by atoms with Crippen molar-refractivity contribution < 1.29 is 13.9 Å². The molecule has 0 spiro atoms. The van der Waals surface area contributed by atoms with Crippen molar-refractivity contribution >= 4 is 18.0 Å². The number of benzene rings is 2. The highest BCUT2D eigenvalue weighted by atomic mass is 32.2. The van der Waals surface area contributed by atoms with Gasteiger partial charge >= 0.3 is 0 Å². The Morgan fingerprint density at radius 1 is 1.20 bits per heavy atom. The summed E-state index contributed by atoms with van der Waals surface area (Å²) in [6.07, 6.45) is 0.951. The SMILES string of the molecule is COc1cccc(-n2c(CC=O)nnc2SCc2cccc(F)c2)c1. The second-order valence-electron chi connectivity index (χ2n) is 5.23. The molecule has 0 saturated heterocycles. The predicted molar refractivity (Wildman–Crippen MR) is 93.6 cm³/mol. The summed E-state index contributed by atoms with van der Waals surface area (Å²) in [6, 6.07) is 13.9. The first kappa shape index (κ1) is 17.2. The van der Waals surface area contributed by atoms with E-state index in [1.54, 1.807) is 13.2 Å². The first-order valence-corrected chi connectivity index (χ1v) is 8.59. The maximum Gasteiger partial charge on any atom is 0.196 e. The summed E-state index contributed by atoms with van der Waals surface area (Å²) in [7, 11) is 1.59. The van der Waals surface area contributed by atoms with Gasteiger partial charge in [0.15, 0.2) is 5.16 Å². The van der Waals surface area contributed by atoms with Gasteiger partial charge in [-0.15, -0.1) is 10.2 Å². The van der Waals surface area contributed by atoms with Crippen LogP contribution in [0.5, 0.6) is 5.75 Å². The Bertz CT molecular complexity index is 882. The lowest BCUT2D eigenvalue weighted by Crippen LogP contribution is -2.04. The number of halogens is 1. The topological polar surface area (TPSA) is 57.0 Å². The number of hydrogen-bond acceptors (Lipinski definition) is 5. The fourth-order valence-electron chi connectivity index (χ4n) is 2.38. The Balaban J connectivity index is 1.92. The van der Waals surface area contributed by atoms with E-state index in [2.05, 4.69) is 10.2 Å². The molecule has 1 aromatic heterocycles. The molecule has 1 heterocycles. The Morgan fingerprint density at radius 2 is 2.04 bits per heavy atom. The highest BCUT2D eigenvalue weighted by Gasteiger charge is 2.15. The summed E-state index contributed by atoms with van der Waals surface area (Å²) in [4.78, 5) is 11.0. The Kier molecular flexibility index (Phi) is 5.45. The monoisotopic (exact) mass is 357 g/mol. The maximum absolute atomic E-state index is 13.3. The smallest absolute Gasteiger partial charge is 0.196 e. The van der Waals surface area contributed by atoms with E-state index in [1.807, 2.05) is 34.9 Å². The number of hydrogen-bond donors (Lipinski definition) is 0. The normalized spacial score (nSPS) is 10.6. The van der Waals surface area contributed by atoms with Crippen LogP contribution in [0, 0.1) is 5.82 Å². The van der Waals surface area contributed by atoms with Gasteiger partial charge in [0.2, 0.25) is 0 Å². The standard InChI is InChI=1S/C18H16FN3O2S/c1-24-16-7-3-6-15(11-16)22-17(8-9-23)20-21-18(22)25-12-13-4-2-5-14(19)10-13/h2-7,9-11H,8,12H2,1H3. The van der Waals surface area contributed by atoms with Gasteiger partial charge in [-0.1, -0.05) is 30.0 Å². The summed E-state index contributed by atoms with van der Waals surface area (Å²) >= 11 is 1.43. The van der Waals surface area contributed by atoms with Crippen LogP contribution in [0.15, 0.2) is 53.7 Å². The van der Waals surface area contributed by atoms with Crippen molar-refractivity contribution in [2.24, 2.45) is 0 Å². The third-order valence-corrected chi connectivity index (χ3v) is 4.53. The molecule has 25 heavy (non-hydrogen) atoms. The molecule has 128 valence electrons. The van der Waals surface area contributed by atoms with Gasteiger partial charge in [0.25, 0.3) is 0 Å². The summed E-state index contributed by atoms with van der Waals surface area (Å²) in [6.45, 7) is 0. The number of ether oxygens (including phenoxy) is 1. The van der Waals surface area contributed by atoms with E-state index in [-0.39, 0.29) is 12.2 Å². The van der Waals surface area contributed by atoms with Crippen LogP contribution in [0.3, 0.4) is 0 Å². The number of rotatable bonds is 7. The van der Waals surface area contributed by atoms with Crippen molar-refractivity contribution in [2.75, 3.05) is 7.11 Å². The Labute approximate surface area is 148 Å². The third-order valence-electron chi connectivity index (χ3n) is 3.53. The van der Waals surface area contributed by atoms with E-state index in [9.17, 15) is 9.18 Å². The summed E-state index contributed by atoms with van der Waals surface area (Å²) in [5.41, 5.74) is 1.66. The van der Waals surface area contributed by atoms with Crippen molar-refractivity contribution in [1.29, 1.82) is 0 Å². The zero-order valence-electron chi connectivity index (χ0n) is 13.6. The van der Waals surface area contributed by atoms with Gasteiger partial charge in [0.05, 0.1) is 19.2 Å². The van der Waals surface area contributed by atoms with E-state index in [1.165, 1.54) is 23.9 Å². The second kappa shape index (κ2) is 7.94. The van der Waals surface area contributed by atoms with Gasteiger partial charge < -0.3 is 9.53 Å². The van der Waals surface area contributed by atoms with Crippen molar-refractivity contribution in [2.45, 2.75) is 17.3 Å². The largest absolute Gasteiger partial charge is 0.497 e.